The molecule has 0 aliphatic heterocycles. The van der Waals surface area contributed by atoms with E-state index in [0.717, 1.165) is 5.69 Å². The van der Waals surface area contributed by atoms with Crippen molar-refractivity contribution in [3.63, 3.8) is 0 Å². The van der Waals surface area contributed by atoms with Crippen molar-refractivity contribution in [2.75, 3.05) is 0 Å². The van der Waals surface area contributed by atoms with Crippen LogP contribution in [0, 0.1) is 6.57 Å². The van der Waals surface area contributed by atoms with Crippen LogP contribution in [0.2, 0.25) is 0 Å². The standard InChI is InChI=1S/C14H10N2O.Li/c1-15-12-6-8-13(9-7-12)16-10-11-4-2-3-5-14(11)17;/h2-10,17H;/q;+1. The number of hydrogen-bond donors (Lipinski definition) is 1. The molecule has 3 nitrogen and oxygen atoms in total. The Balaban J connectivity index is 0.00000162. The third-order valence-corrected chi connectivity index (χ3v) is 2.31. The van der Waals surface area contributed by atoms with Gasteiger partial charge in [-0.1, -0.05) is 23.9 Å². The Hall–Kier alpha value is -2.00. The van der Waals surface area contributed by atoms with Crippen LogP contribution in [-0.2, 0) is 0 Å². The molecule has 0 unspecified atom stereocenters. The molecule has 0 spiro atoms. The van der Waals surface area contributed by atoms with Crippen LogP contribution in [0.3, 0.4) is 0 Å². The first-order valence-corrected chi connectivity index (χ1v) is 5.13. The number of nitrogens with one attached hydrogen (secondary N) is 1. The van der Waals surface area contributed by atoms with Crippen molar-refractivity contribution in [2.24, 2.45) is 0 Å². The molecular formula is C14H10LiN2O+. The van der Waals surface area contributed by atoms with Gasteiger partial charge < -0.3 is 5.11 Å². The van der Waals surface area contributed by atoms with E-state index in [9.17, 15) is 5.11 Å². The monoisotopic (exact) mass is 229 g/mol. The van der Waals surface area contributed by atoms with E-state index in [0.29, 0.717) is 11.3 Å². The van der Waals surface area contributed by atoms with E-state index in [1.807, 2.05) is 6.07 Å². The topological polar surface area (TPSA) is 41.4 Å². The molecule has 0 heterocycles. The minimum atomic E-state index is -0.0159. The van der Waals surface area contributed by atoms with E-state index in [2.05, 4.69) is 9.84 Å². The van der Waals surface area contributed by atoms with Crippen LogP contribution < -0.4 is 29.0 Å². The first kappa shape index (κ1) is 14.1. The van der Waals surface area contributed by atoms with Gasteiger partial charge in [-0.25, -0.2) is 9.84 Å². The van der Waals surface area contributed by atoms with Gasteiger partial charge in [-0.15, -0.1) is 0 Å². The number of benzene rings is 2. The number of hydrogen-bond acceptors (Lipinski definition) is 1. The molecule has 0 saturated heterocycles. The Labute approximate surface area is 118 Å². The summed E-state index contributed by atoms with van der Waals surface area (Å²) in [6.45, 7) is 6.83. The number of nitrogens with zero attached hydrogens (tertiary/aromatic N) is 1. The van der Waals surface area contributed by atoms with Gasteiger partial charge in [-0.2, -0.15) is 0 Å². The fourth-order valence-corrected chi connectivity index (χ4v) is 1.39. The molecule has 2 aromatic carbocycles. The Morgan fingerprint density at radius 3 is 2.33 bits per heavy atom. The number of rotatable bonds is 2. The van der Waals surface area contributed by atoms with Gasteiger partial charge in [0.05, 0.1) is 6.57 Å². The molecule has 2 aromatic rings. The second kappa shape index (κ2) is 6.66. The zero-order valence-corrected chi connectivity index (χ0v) is 10.1. The predicted octanol–water partition coefficient (Wildman–Crippen LogP) is -1.85. The van der Waals surface area contributed by atoms with Crippen LogP contribution in [0.25, 0.3) is 4.85 Å². The summed E-state index contributed by atoms with van der Waals surface area (Å²) in [7, 11) is 0. The predicted molar refractivity (Wildman–Crippen MR) is 64.4 cm³/mol. The Kier molecular flexibility index (Phi) is 5.21. The average molecular weight is 229 g/mol. The van der Waals surface area contributed by atoms with Crippen LogP contribution in [0.5, 0.6) is 5.75 Å². The Morgan fingerprint density at radius 1 is 1.06 bits per heavy atom. The molecule has 0 aromatic heterocycles. The zero-order chi connectivity index (χ0) is 12.1. The molecule has 18 heavy (non-hydrogen) atoms. The van der Waals surface area contributed by atoms with Crippen LogP contribution in [0.1, 0.15) is 5.56 Å². The zero-order valence-electron chi connectivity index (χ0n) is 10.1. The molecule has 0 amide bonds. The third kappa shape index (κ3) is 3.50. The first-order chi connectivity index (χ1) is 8.29. The molecule has 82 valence electrons. The van der Waals surface area contributed by atoms with Crippen LogP contribution in [0.15, 0.2) is 48.5 Å². The van der Waals surface area contributed by atoms with E-state index in [1.54, 1.807) is 42.6 Å². The molecule has 0 aliphatic carbocycles. The van der Waals surface area contributed by atoms with Gasteiger partial charge in [-0.05, 0) is 30.3 Å². The molecule has 0 radical (unpaired) electrons. The summed E-state index contributed by atoms with van der Waals surface area (Å²) in [6, 6.07) is 13.9. The average Bonchev–Trinajstić information content (AvgIpc) is 2.38. The number of para-hydroxylation sites is 1. The first-order valence-electron chi connectivity index (χ1n) is 5.13. The molecule has 0 bridgehead atoms. The summed E-state index contributed by atoms with van der Waals surface area (Å²) < 4.78 is 0. The van der Waals surface area contributed by atoms with Crippen molar-refractivity contribution in [2.45, 2.75) is 0 Å². The van der Waals surface area contributed by atoms with E-state index in [1.165, 1.54) is 6.07 Å². The van der Waals surface area contributed by atoms with E-state index < -0.39 is 0 Å². The molecule has 0 atom stereocenters. The van der Waals surface area contributed by atoms with Crippen LogP contribution in [-0.4, -0.2) is 6.21 Å². The van der Waals surface area contributed by atoms with E-state index >= 15 is 0 Å². The second-order valence-corrected chi connectivity index (χ2v) is 3.49. The summed E-state index contributed by atoms with van der Waals surface area (Å²) in [5.41, 5.74) is 2.06. The molecule has 0 aliphatic rings. The van der Waals surface area contributed by atoms with Gasteiger partial charge in [0.2, 0.25) is 5.69 Å². The van der Waals surface area contributed by atoms with E-state index in [4.69, 9.17) is 6.57 Å². The molecule has 0 fully saturated rings. The molecule has 1 N–H and O–H groups in total. The summed E-state index contributed by atoms with van der Waals surface area (Å²) in [5.74, 6) is -0.0159. The van der Waals surface area contributed by atoms with Crippen molar-refractivity contribution in [1.29, 1.82) is 0 Å². The molecule has 0 saturated carbocycles. The Bertz CT molecular complexity index is 585. The fraction of sp³-hybridized carbons (Fsp3) is 0. The SMILES string of the molecule is [C-]#[N+]c1ccc([NH+]=Cc2ccccc2[O-])cc1.[Li+]. The normalized spacial score (nSPS) is 9.72. The summed E-state index contributed by atoms with van der Waals surface area (Å²) in [4.78, 5) is 6.33. The Morgan fingerprint density at radius 2 is 1.72 bits per heavy atom. The van der Waals surface area contributed by atoms with Gasteiger partial charge in [0.15, 0.2) is 11.9 Å². The van der Waals surface area contributed by atoms with Crippen molar-refractivity contribution >= 4 is 17.6 Å². The van der Waals surface area contributed by atoms with Gasteiger partial charge >= 0.3 is 18.9 Å². The third-order valence-electron chi connectivity index (χ3n) is 2.31. The molecule has 2 rings (SSSR count). The van der Waals surface area contributed by atoms with Gasteiger partial charge in [0, 0.05) is 5.56 Å². The minimum Gasteiger partial charge on any atom is -0.872 e. The smallest absolute Gasteiger partial charge is 0.872 e. The van der Waals surface area contributed by atoms with Gasteiger partial charge in [-0.3, -0.25) is 0 Å². The molecular weight excluding hydrogens is 219 g/mol. The maximum Gasteiger partial charge on any atom is 1.00 e. The van der Waals surface area contributed by atoms with Gasteiger partial charge in [0.1, 0.15) is 0 Å². The van der Waals surface area contributed by atoms with Crippen molar-refractivity contribution < 1.29 is 29.0 Å². The maximum atomic E-state index is 11.4. The quantitative estimate of drug-likeness (QED) is 0.366. The van der Waals surface area contributed by atoms with Crippen molar-refractivity contribution in [3.05, 3.63) is 65.5 Å². The van der Waals surface area contributed by atoms with Crippen LogP contribution >= 0.6 is 0 Å². The second-order valence-electron chi connectivity index (χ2n) is 3.49. The van der Waals surface area contributed by atoms with Crippen LogP contribution in [0.4, 0.5) is 11.4 Å². The summed E-state index contributed by atoms with van der Waals surface area (Å²) in [5, 5.41) is 11.4. The molecule has 4 heteroatoms. The van der Waals surface area contributed by atoms with Crippen molar-refractivity contribution in [1.82, 2.24) is 0 Å². The van der Waals surface area contributed by atoms with Gasteiger partial charge in [0.25, 0.3) is 0 Å². The van der Waals surface area contributed by atoms with Crippen molar-refractivity contribution in [3.8, 4) is 5.75 Å². The maximum absolute atomic E-state index is 11.4. The largest absolute Gasteiger partial charge is 1.00 e. The van der Waals surface area contributed by atoms with E-state index in [-0.39, 0.29) is 24.6 Å². The fourth-order valence-electron chi connectivity index (χ4n) is 1.39. The minimum absolute atomic E-state index is 0. The summed E-state index contributed by atoms with van der Waals surface area (Å²) >= 11 is 0. The summed E-state index contributed by atoms with van der Waals surface area (Å²) in [6.07, 6.45) is 1.66.